The number of carbonyl (C=O) groups is 2. The number of anilines is 2. The zero-order chi connectivity index (χ0) is 14.5. The Balaban J connectivity index is 2.01. The number of nitrogens with one attached hydrogen (secondary N) is 2. The van der Waals surface area contributed by atoms with Crippen LogP contribution in [0.4, 0.5) is 11.4 Å². The number of phenols is 2. The molecule has 0 saturated heterocycles. The summed E-state index contributed by atoms with van der Waals surface area (Å²) in [5.74, 6) is -1.85. The van der Waals surface area contributed by atoms with Gasteiger partial charge in [0.2, 0.25) is 0 Å². The third-order valence-electron chi connectivity index (χ3n) is 2.48. The number of amides is 2. The van der Waals surface area contributed by atoms with E-state index in [4.69, 9.17) is 5.11 Å². The monoisotopic (exact) mass is 272 g/mol. The zero-order valence-corrected chi connectivity index (χ0v) is 10.3. The van der Waals surface area contributed by atoms with Crippen LogP contribution in [0.25, 0.3) is 0 Å². The fourth-order valence-corrected chi connectivity index (χ4v) is 1.49. The van der Waals surface area contributed by atoms with Gasteiger partial charge in [0.1, 0.15) is 11.5 Å². The summed E-state index contributed by atoms with van der Waals surface area (Å²) < 4.78 is 0. The molecule has 4 N–H and O–H groups in total. The fourth-order valence-electron chi connectivity index (χ4n) is 1.49. The molecule has 0 aromatic heterocycles. The van der Waals surface area contributed by atoms with Crippen molar-refractivity contribution in [2.45, 2.75) is 0 Å². The predicted molar refractivity (Wildman–Crippen MR) is 73.5 cm³/mol. The number of hydrogen-bond donors (Lipinski definition) is 4. The van der Waals surface area contributed by atoms with Crippen molar-refractivity contribution < 1.29 is 19.8 Å². The Kier molecular flexibility index (Phi) is 3.85. The number of phenolic OH excluding ortho intramolecular Hbond substituents is 2. The molecule has 102 valence electrons. The van der Waals surface area contributed by atoms with Gasteiger partial charge in [-0.3, -0.25) is 9.59 Å². The summed E-state index contributed by atoms with van der Waals surface area (Å²) in [6, 6.07) is 11.8. The molecule has 6 heteroatoms. The molecule has 0 atom stereocenters. The largest absolute Gasteiger partial charge is 0.508 e. The third kappa shape index (κ3) is 3.26. The molecule has 0 saturated carbocycles. The van der Waals surface area contributed by atoms with Crippen LogP contribution in [0.1, 0.15) is 0 Å². The average Bonchev–Trinajstić information content (AvgIpc) is 2.44. The van der Waals surface area contributed by atoms with Crippen LogP contribution in [0, 0.1) is 0 Å². The molecule has 0 heterocycles. The second-order valence-corrected chi connectivity index (χ2v) is 3.97. The molecular formula is C14H12N2O4. The van der Waals surface area contributed by atoms with Crippen molar-refractivity contribution in [1.29, 1.82) is 0 Å². The van der Waals surface area contributed by atoms with Crippen molar-refractivity contribution in [3.63, 3.8) is 0 Å². The Morgan fingerprint density at radius 1 is 0.800 bits per heavy atom. The van der Waals surface area contributed by atoms with E-state index in [0.717, 1.165) is 0 Å². The molecule has 20 heavy (non-hydrogen) atoms. The summed E-state index contributed by atoms with van der Waals surface area (Å²) in [5, 5.41) is 23.2. The van der Waals surface area contributed by atoms with E-state index < -0.39 is 11.8 Å². The standard InChI is InChI=1S/C14H12N2O4/c17-10-7-5-9(6-8-10)15-13(19)14(20)16-11-3-1-2-4-12(11)18/h1-8,17-18H,(H,15,19)(H,16,20). The number of benzene rings is 2. The van der Waals surface area contributed by atoms with Crippen molar-refractivity contribution in [2.24, 2.45) is 0 Å². The van der Waals surface area contributed by atoms with Gasteiger partial charge in [0.15, 0.2) is 0 Å². The Bertz CT molecular complexity index is 638. The summed E-state index contributed by atoms with van der Waals surface area (Å²) in [6.07, 6.45) is 0. The maximum Gasteiger partial charge on any atom is 0.314 e. The lowest BCUT2D eigenvalue weighted by Gasteiger charge is -2.07. The molecular weight excluding hydrogens is 260 g/mol. The molecule has 2 aromatic rings. The minimum atomic E-state index is -0.903. The van der Waals surface area contributed by atoms with Crippen molar-refractivity contribution in [3.8, 4) is 11.5 Å². The summed E-state index contributed by atoms with van der Waals surface area (Å²) in [4.78, 5) is 23.3. The van der Waals surface area contributed by atoms with Gasteiger partial charge in [-0.1, -0.05) is 12.1 Å². The number of hydrogen-bond acceptors (Lipinski definition) is 4. The molecule has 0 unspecified atom stereocenters. The van der Waals surface area contributed by atoms with Crippen LogP contribution in [0.15, 0.2) is 48.5 Å². The normalized spacial score (nSPS) is 9.80. The van der Waals surface area contributed by atoms with E-state index in [1.54, 1.807) is 12.1 Å². The lowest BCUT2D eigenvalue weighted by Crippen LogP contribution is -2.29. The van der Waals surface area contributed by atoms with Gasteiger partial charge in [0.05, 0.1) is 5.69 Å². The van der Waals surface area contributed by atoms with Gasteiger partial charge in [-0.2, -0.15) is 0 Å². The topological polar surface area (TPSA) is 98.7 Å². The van der Waals surface area contributed by atoms with Crippen molar-refractivity contribution in [1.82, 2.24) is 0 Å². The average molecular weight is 272 g/mol. The summed E-state index contributed by atoms with van der Waals surface area (Å²) in [6.45, 7) is 0. The van der Waals surface area contributed by atoms with E-state index in [2.05, 4.69) is 10.6 Å². The highest BCUT2D eigenvalue weighted by Crippen LogP contribution is 2.21. The van der Waals surface area contributed by atoms with Gasteiger partial charge in [0, 0.05) is 5.69 Å². The Morgan fingerprint density at radius 2 is 1.40 bits per heavy atom. The second-order valence-electron chi connectivity index (χ2n) is 3.97. The fraction of sp³-hybridized carbons (Fsp3) is 0. The van der Waals surface area contributed by atoms with Crippen molar-refractivity contribution >= 4 is 23.2 Å². The van der Waals surface area contributed by atoms with Crippen LogP contribution in [-0.2, 0) is 9.59 Å². The summed E-state index contributed by atoms with van der Waals surface area (Å²) >= 11 is 0. The van der Waals surface area contributed by atoms with E-state index >= 15 is 0 Å². The molecule has 0 aliphatic heterocycles. The van der Waals surface area contributed by atoms with E-state index in [1.165, 1.54) is 36.4 Å². The quantitative estimate of drug-likeness (QED) is 0.379. The zero-order valence-electron chi connectivity index (χ0n) is 10.3. The maximum atomic E-state index is 11.7. The first-order chi connectivity index (χ1) is 9.56. The molecule has 2 amide bonds. The van der Waals surface area contributed by atoms with Gasteiger partial charge in [-0.05, 0) is 36.4 Å². The first-order valence-corrected chi connectivity index (χ1v) is 5.75. The number of aromatic hydroxyl groups is 2. The molecule has 0 bridgehead atoms. The van der Waals surface area contributed by atoms with Crippen LogP contribution in [0.5, 0.6) is 11.5 Å². The van der Waals surface area contributed by atoms with Gasteiger partial charge >= 0.3 is 11.8 Å². The van der Waals surface area contributed by atoms with Gasteiger partial charge in [-0.25, -0.2) is 0 Å². The number of para-hydroxylation sites is 2. The molecule has 0 aliphatic rings. The van der Waals surface area contributed by atoms with Crippen molar-refractivity contribution in [3.05, 3.63) is 48.5 Å². The van der Waals surface area contributed by atoms with Crippen LogP contribution < -0.4 is 10.6 Å². The molecule has 0 aliphatic carbocycles. The molecule has 0 spiro atoms. The molecule has 2 rings (SSSR count). The van der Waals surface area contributed by atoms with Crippen molar-refractivity contribution in [2.75, 3.05) is 10.6 Å². The van der Waals surface area contributed by atoms with Crippen LogP contribution >= 0.6 is 0 Å². The third-order valence-corrected chi connectivity index (χ3v) is 2.48. The first-order valence-electron chi connectivity index (χ1n) is 5.75. The SMILES string of the molecule is O=C(Nc1ccc(O)cc1)C(=O)Nc1ccccc1O. The Hall–Kier alpha value is -3.02. The first kappa shape index (κ1) is 13.4. The highest BCUT2D eigenvalue weighted by atomic mass is 16.3. The van der Waals surface area contributed by atoms with E-state index in [-0.39, 0.29) is 17.2 Å². The van der Waals surface area contributed by atoms with Gasteiger partial charge in [-0.15, -0.1) is 0 Å². The van der Waals surface area contributed by atoms with Crippen LogP contribution in [-0.4, -0.2) is 22.0 Å². The van der Waals surface area contributed by atoms with E-state index in [9.17, 15) is 14.7 Å². The number of carbonyl (C=O) groups excluding carboxylic acids is 2. The van der Waals surface area contributed by atoms with Crippen LogP contribution in [0.3, 0.4) is 0 Å². The maximum absolute atomic E-state index is 11.7. The molecule has 0 fully saturated rings. The molecule has 2 aromatic carbocycles. The Morgan fingerprint density at radius 3 is 2.05 bits per heavy atom. The summed E-state index contributed by atoms with van der Waals surface area (Å²) in [5.41, 5.74) is 0.526. The lowest BCUT2D eigenvalue weighted by molar-refractivity contribution is -0.133. The highest BCUT2D eigenvalue weighted by molar-refractivity contribution is 6.43. The molecule has 6 nitrogen and oxygen atoms in total. The Labute approximate surface area is 114 Å². The van der Waals surface area contributed by atoms with Gasteiger partial charge < -0.3 is 20.8 Å². The van der Waals surface area contributed by atoms with Gasteiger partial charge in [0.25, 0.3) is 0 Å². The van der Waals surface area contributed by atoms with E-state index in [0.29, 0.717) is 5.69 Å². The van der Waals surface area contributed by atoms with Crippen LogP contribution in [0.2, 0.25) is 0 Å². The lowest BCUT2D eigenvalue weighted by atomic mass is 10.3. The summed E-state index contributed by atoms with van der Waals surface area (Å²) in [7, 11) is 0. The predicted octanol–water partition coefficient (Wildman–Crippen LogP) is 1.67. The minimum absolute atomic E-state index is 0.0571. The second kappa shape index (κ2) is 5.75. The number of rotatable bonds is 2. The van der Waals surface area contributed by atoms with E-state index in [1.807, 2.05) is 0 Å². The smallest absolute Gasteiger partial charge is 0.314 e. The molecule has 0 radical (unpaired) electrons. The minimum Gasteiger partial charge on any atom is -0.508 e. The highest BCUT2D eigenvalue weighted by Gasteiger charge is 2.15.